The molecule has 1 fully saturated rings. The van der Waals surface area contributed by atoms with Crippen LogP contribution in [0.25, 0.3) is 0 Å². The molecular formula is C11H14BrNO3S. The van der Waals surface area contributed by atoms with Crippen LogP contribution in [0.1, 0.15) is 5.56 Å². The summed E-state index contributed by atoms with van der Waals surface area (Å²) in [7, 11) is -2.86. The molecule has 1 aliphatic heterocycles. The van der Waals surface area contributed by atoms with Gasteiger partial charge in [0.1, 0.15) is 0 Å². The standard InChI is InChI=1S/C11H14BrNO3S/c12-10-1-2-11(9(7-10)8-14)13-3-5-17(15,16)6-4-13/h1-2,7,14H,3-6,8H2. The lowest BCUT2D eigenvalue weighted by atomic mass is 10.1. The highest BCUT2D eigenvalue weighted by Gasteiger charge is 2.22. The van der Waals surface area contributed by atoms with Crippen molar-refractivity contribution in [2.75, 3.05) is 29.5 Å². The van der Waals surface area contributed by atoms with Gasteiger partial charge in [-0.15, -0.1) is 0 Å². The number of halogens is 1. The molecule has 17 heavy (non-hydrogen) atoms. The van der Waals surface area contributed by atoms with Crippen LogP contribution < -0.4 is 4.90 Å². The Morgan fingerprint density at radius 2 is 1.94 bits per heavy atom. The van der Waals surface area contributed by atoms with Gasteiger partial charge in [0, 0.05) is 28.8 Å². The van der Waals surface area contributed by atoms with E-state index >= 15 is 0 Å². The van der Waals surface area contributed by atoms with Gasteiger partial charge in [-0.3, -0.25) is 0 Å². The molecule has 0 saturated carbocycles. The summed E-state index contributed by atoms with van der Waals surface area (Å²) >= 11 is 3.35. The van der Waals surface area contributed by atoms with E-state index in [1.54, 1.807) is 0 Å². The first-order valence-corrected chi connectivity index (χ1v) is 7.98. The van der Waals surface area contributed by atoms with Crippen molar-refractivity contribution in [2.45, 2.75) is 6.61 Å². The van der Waals surface area contributed by atoms with E-state index < -0.39 is 9.84 Å². The topological polar surface area (TPSA) is 57.6 Å². The van der Waals surface area contributed by atoms with Crippen molar-refractivity contribution in [3.8, 4) is 0 Å². The monoisotopic (exact) mass is 319 g/mol. The number of aliphatic hydroxyl groups is 1. The Labute approximate surface area is 109 Å². The van der Waals surface area contributed by atoms with Crippen LogP contribution in [-0.2, 0) is 16.4 Å². The van der Waals surface area contributed by atoms with E-state index in [1.165, 1.54) is 0 Å². The minimum Gasteiger partial charge on any atom is -0.392 e. The van der Waals surface area contributed by atoms with Gasteiger partial charge >= 0.3 is 0 Å². The zero-order chi connectivity index (χ0) is 12.5. The van der Waals surface area contributed by atoms with Crippen LogP contribution in [0.4, 0.5) is 5.69 Å². The van der Waals surface area contributed by atoms with Crippen LogP contribution in [-0.4, -0.2) is 38.1 Å². The third-order valence-corrected chi connectivity index (χ3v) is 5.00. The fourth-order valence-corrected chi connectivity index (χ4v) is 3.55. The van der Waals surface area contributed by atoms with Crippen LogP contribution in [0.3, 0.4) is 0 Å². The number of hydrogen-bond donors (Lipinski definition) is 1. The van der Waals surface area contributed by atoms with Gasteiger partial charge in [0.2, 0.25) is 0 Å². The van der Waals surface area contributed by atoms with E-state index in [2.05, 4.69) is 15.9 Å². The van der Waals surface area contributed by atoms with Crippen molar-refractivity contribution in [3.05, 3.63) is 28.2 Å². The van der Waals surface area contributed by atoms with Crippen molar-refractivity contribution in [1.29, 1.82) is 0 Å². The number of aliphatic hydroxyl groups excluding tert-OH is 1. The quantitative estimate of drug-likeness (QED) is 0.889. The third kappa shape index (κ3) is 3.00. The Kier molecular flexibility index (Phi) is 3.75. The average Bonchev–Trinajstić information content (AvgIpc) is 2.29. The number of nitrogens with zero attached hydrogens (tertiary/aromatic N) is 1. The molecule has 1 saturated heterocycles. The van der Waals surface area contributed by atoms with Gasteiger partial charge in [-0.2, -0.15) is 0 Å². The van der Waals surface area contributed by atoms with Gasteiger partial charge in [-0.1, -0.05) is 15.9 Å². The van der Waals surface area contributed by atoms with Gasteiger partial charge in [0.25, 0.3) is 0 Å². The highest BCUT2D eigenvalue weighted by molar-refractivity contribution is 9.10. The van der Waals surface area contributed by atoms with Crippen LogP contribution in [0, 0.1) is 0 Å². The van der Waals surface area contributed by atoms with Gasteiger partial charge < -0.3 is 10.0 Å². The second kappa shape index (κ2) is 4.96. The van der Waals surface area contributed by atoms with Crippen molar-refractivity contribution in [2.24, 2.45) is 0 Å². The molecule has 0 unspecified atom stereocenters. The van der Waals surface area contributed by atoms with E-state index in [9.17, 15) is 13.5 Å². The van der Waals surface area contributed by atoms with Crippen molar-refractivity contribution in [1.82, 2.24) is 0 Å². The molecule has 6 heteroatoms. The lowest BCUT2D eigenvalue weighted by Crippen LogP contribution is -2.40. The predicted molar refractivity (Wildman–Crippen MR) is 70.9 cm³/mol. The Morgan fingerprint density at radius 1 is 1.29 bits per heavy atom. The zero-order valence-electron chi connectivity index (χ0n) is 9.26. The predicted octanol–water partition coefficient (Wildman–Crippen LogP) is 1.18. The van der Waals surface area contributed by atoms with E-state index in [1.807, 2.05) is 23.1 Å². The van der Waals surface area contributed by atoms with Crippen molar-refractivity contribution < 1.29 is 13.5 Å². The number of rotatable bonds is 2. The largest absolute Gasteiger partial charge is 0.392 e. The molecule has 1 aliphatic rings. The summed E-state index contributed by atoms with van der Waals surface area (Å²) in [6.45, 7) is 0.950. The molecule has 0 radical (unpaired) electrons. The fraction of sp³-hybridized carbons (Fsp3) is 0.455. The molecule has 0 bridgehead atoms. The van der Waals surface area contributed by atoms with Crippen LogP contribution in [0.5, 0.6) is 0 Å². The van der Waals surface area contributed by atoms with Gasteiger partial charge in [0.05, 0.1) is 18.1 Å². The highest BCUT2D eigenvalue weighted by atomic mass is 79.9. The summed E-state index contributed by atoms with van der Waals surface area (Å²) < 4.78 is 23.6. The van der Waals surface area contributed by atoms with Crippen molar-refractivity contribution >= 4 is 31.5 Å². The molecule has 2 rings (SSSR count). The number of sulfone groups is 1. The molecule has 1 N–H and O–H groups in total. The lowest BCUT2D eigenvalue weighted by Gasteiger charge is -2.30. The number of anilines is 1. The van der Waals surface area contributed by atoms with E-state index in [4.69, 9.17) is 0 Å². The Balaban J connectivity index is 2.24. The maximum Gasteiger partial charge on any atom is 0.153 e. The maximum atomic E-state index is 11.4. The van der Waals surface area contributed by atoms with Crippen LogP contribution in [0.2, 0.25) is 0 Å². The summed E-state index contributed by atoms with van der Waals surface area (Å²) in [5.41, 5.74) is 1.74. The highest BCUT2D eigenvalue weighted by Crippen LogP contribution is 2.26. The zero-order valence-corrected chi connectivity index (χ0v) is 11.7. The number of benzene rings is 1. The van der Waals surface area contributed by atoms with Gasteiger partial charge in [-0.05, 0) is 18.2 Å². The van der Waals surface area contributed by atoms with E-state index in [0.717, 1.165) is 15.7 Å². The second-order valence-electron chi connectivity index (χ2n) is 4.07. The van der Waals surface area contributed by atoms with E-state index in [0.29, 0.717) is 13.1 Å². The lowest BCUT2D eigenvalue weighted by molar-refractivity contribution is 0.282. The second-order valence-corrected chi connectivity index (χ2v) is 7.29. The summed E-state index contributed by atoms with van der Waals surface area (Å²) in [6, 6.07) is 5.67. The maximum absolute atomic E-state index is 11.4. The molecule has 4 nitrogen and oxygen atoms in total. The Hall–Kier alpha value is -0.590. The normalized spacial score (nSPS) is 19.3. The fourth-order valence-electron chi connectivity index (χ4n) is 1.94. The van der Waals surface area contributed by atoms with Gasteiger partial charge in [0.15, 0.2) is 9.84 Å². The SMILES string of the molecule is O=S1(=O)CCN(c2ccc(Br)cc2CO)CC1. The minimum atomic E-state index is -2.86. The molecule has 0 aliphatic carbocycles. The summed E-state index contributed by atoms with van der Waals surface area (Å²) in [5, 5.41) is 9.31. The van der Waals surface area contributed by atoms with E-state index in [-0.39, 0.29) is 18.1 Å². The van der Waals surface area contributed by atoms with Crippen molar-refractivity contribution in [3.63, 3.8) is 0 Å². The van der Waals surface area contributed by atoms with Gasteiger partial charge in [-0.25, -0.2) is 8.42 Å². The first-order chi connectivity index (χ1) is 8.02. The Bertz CT molecular complexity index is 501. The summed E-state index contributed by atoms with van der Waals surface area (Å²) in [6.07, 6.45) is 0. The molecule has 0 aromatic heterocycles. The molecule has 1 aromatic carbocycles. The number of hydrogen-bond acceptors (Lipinski definition) is 4. The summed E-state index contributed by atoms with van der Waals surface area (Å²) in [4.78, 5) is 2.01. The first kappa shape index (κ1) is 12.9. The summed E-state index contributed by atoms with van der Waals surface area (Å²) in [5.74, 6) is 0.377. The van der Waals surface area contributed by atoms with Crippen LogP contribution >= 0.6 is 15.9 Å². The minimum absolute atomic E-state index is 0.0436. The average molecular weight is 320 g/mol. The first-order valence-electron chi connectivity index (χ1n) is 5.36. The van der Waals surface area contributed by atoms with Crippen LogP contribution in [0.15, 0.2) is 22.7 Å². The molecule has 1 heterocycles. The molecule has 0 atom stereocenters. The molecule has 0 amide bonds. The molecule has 94 valence electrons. The molecule has 1 aromatic rings. The molecule has 0 spiro atoms. The third-order valence-electron chi connectivity index (χ3n) is 2.90. The Morgan fingerprint density at radius 3 is 2.53 bits per heavy atom. The molecular weight excluding hydrogens is 306 g/mol. The smallest absolute Gasteiger partial charge is 0.153 e.